The summed E-state index contributed by atoms with van der Waals surface area (Å²) in [4.78, 5) is 5.09. The van der Waals surface area contributed by atoms with Gasteiger partial charge < -0.3 is 18.6 Å². The third-order valence-corrected chi connectivity index (χ3v) is 20.8. The van der Waals surface area contributed by atoms with Crippen molar-refractivity contribution in [2.24, 2.45) is 0 Å². The highest BCUT2D eigenvalue weighted by Crippen LogP contribution is 2.63. The van der Waals surface area contributed by atoms with E-state index in [2.05, 4.69) is 268 Å². The van der Waals surface area contributed by atoms with Gasteiger partial charge >= 0.3 is 0 Å². The number of aryl methyl sites for hydroxylation is 4. The number of benzene rings is 12. The van der Waals surface area contributed by atoms with Crippen molar-refractivity contribution < 1.29 is 8.83 Å². The highest BCUT2D eigenvalue weighted by atomic mass is 16.3. The minimum absolute atomic E-state index is 0.487. The molecule has 0 saturated heterocycles. The Morgan fingerprint density at radius 3 is 1.07 bits per heavy atom. The molecule has 0 unspecified atom stereocenters. The van der Waals surface area contributed by atoms with Crippen LogP contribution in [0.3, 0.4) is 0 Å². The van der Waals surface area contributed by atoms with Crippen LogP contribution < -0.4 is 9.80 Å². The highest BCUT2D eigenvalue weighted by molar-refractivity contribution is 6.21. The highest BCUT2D eigenvalue weighted by Gasteiger charge is 2.49. The Kier molecular flexibility index (Phi) is 12.8. The third kappa shape index (κ3) is 8.32. The molecular formula is C85H72N2O2. The molecule has 0 radical (unpaired) electrons. The van der Waals surface area contributed by atoms with Gasteiger partial charge in [-0.15, -0.1) is 0 Å². The lowest BCUT2D eigenvalue weighted by Crippen LogP contribution is -2.29. The molecule has 434 valence electrons. The maximum atomic E-state index is 7.49. The molecule has 2 saturated carbocycles. The van der Waals surface area contributed by atoms with Crippen molar-refractivity contribution in [2.45, 2.75) is 109 Å². The summed E-state index contributed by atoms with van der Waals surface area (Å²) in [6.45, 7) is 8.95. The van der Waals surface area contributed by atoms with E-state index >= 15 is 0 Å². The van der Waals surface area contributed by atoms with Gasteiger partial charge in [-0.05, 0) is 168 Å². The first kappa shape index (κ1) is 53.6. The summed E-state index contributed by atoms with van der Waals surface area (Å²) in [5.41, 5.74) is 24.4. The topological polar surface area (TPSA) is 32.8 Å². The number of fused-ring (bicyclic) bond motifs is 13. The molecule has 3 aliphatic rings. The average Bonchev–Trinajstić information content (AvgIpc) is 1.53. The zero-order valence-electron chi connectivity index (χ0n) is 51.4. The van der Waals surface area contributed by atoms with Crippen LogP contribution in [0.4, 0.5) is 34.1 Å². The van der Waals surface area contributed by atoms with E-state index in [-0.39, 0.29) is 0 Å². The van der Waals surface area contributed by atoms with Crippen LogP contribution in [0.1, 0.15) is 132 Å². The summed E-state index contributed by atoms with van der Waals surface area (Å²) >= 11 is 0. The van der Waals surface area contributed by atoms with Gasteiger partial charge in [0, 0.05) is 43.7 Å². The lowest BCUT2D eigenvalue weighted by atomic mass is 9.67. The van der Waals surface area contributed by atoms with Gasteiger partial charge in [-0.25, -0.2) is 0 Å². The largest absolute Gasteiger partial charge is 0.454 e. The Hall–Kier alpha value is -9.64. The third-order valence-electron chi connectivity index (χ3n) is 20.8. The Balaban J connectivity index is 0.985. The van der Waals surface area contributed by atoms with E-state index in [9.17, 15) is 0 Å². The number of para-hydroxylation sites is 4. The second-order valence-corrected chi connectivity index (χ2v) is 26.1. The Morgan fingerprint density at radius 1 is 0.303 bits per heavy atom. The van der Waals surface area contributed by atoms with Crippen LogP contribution in [-0.2, 0) is 5.41 Å². The van der Waals surface area contributed by atoms with Crippen LogP contribution in [0.2, 0.25) is 0 Å². The first-order chi connectivity index (χ1) is 43.8. The van der Waals surface area contributed by atoms with Gasteiger partial charge in [0.1, 0.15) is 11.2 Å². The summed E-state index contributed by atoms with van der Waals surface area (Å²) in [5.74, 6) is 0.974. The molecule has 89 heavy (non-hydrogen) atoms. The zero-order chi connectivity index (χ0) is 59.5. The van der Waals surface area contributed by atoms with E-state index in [1.165, 1.54) is 163 Å². The van der Waals surface area contributed by atoms with Gasteiger partial charge in [-0.3, -0.25) is 0 Å². The van der Waals surface area contributed by atoms with E-state index < -0.39 is 5.41 Å². The SMILES string of the molecule is Cc1ccc(N(c2cc3c(c4ccccc24)-c2c(cc(N(c4ccc(C)cc4C)c4cccc5c4oc4c(C6CCCCC6)cccc45)c4ccccc24)C3(c2ccccc2)c2ccccc2)c2cccc3c2oc2c(C4CCCCC4)cccc23)c(C)c1. The molecule has 0 N–H and O–H groups in total. The van der Waals surface area contributed by atoms with Crippen molar-refractivity contribution >= 4 is 99.5 Å². The van der Waals surface area contributed by atoms with Gasteiger partial charge in [-0.2, -0.15) is 0 Å². The predicted molar refractivity (Wildman–Crippen MR) is 373 cm³/mol. The van der Waals surface area contributed by atoms with Crippen LogP contribution >= 0.6 is 0 Å². The van der Waals surface area contributed by atoms with Crippen molar-refractivity contribution in [3.05, 3.63) is 286 Å². The first-order valence-electron chi connectivity index (χ1n) is 32.7. The maximum Gasteiger partial charge on any atom is 0.159 e. The molecule has 4 nitrogen and oxygen atoms in total. The van der Waals surface area contributed by atoms with E-state index in [0.717, 1.165) is 67.2 Å². The molecule has 2 fully saturated rings. The monoisotopic (exact) mass is 1150 g/mol. The van der Waals surface area contributed by atoms with Gasteiger partial charge in [0.15, 0.2) is 11.2 Å². The molecule has 0 bridgehead atoms. The van der Waals surface area contributed by atoms with E-state index in [0.29, 0.717) is 11.8 Å². The van der Waals surface area contributed by atoms with Crippen LogP contribution in [0.15, 0.2) is 239 Å². The molecule has 2 aromatic heterocycles. The Labute approximate surface area is 521 Å². The number of hydrogen-bond acceptors (Lipinski definition) is 4. The molecule has 12 aromatic carbocycles. The lowest BCUT2D eigenvalue weighted by Gasteiger charge is -2.36. The number of hydrogen-bond donors (Lipinski definition) is 0. The zero-order valence-corrected chi connectivity index (χ0v) is 51.4. The second kappa shape index (κ2) is 21.3. The van der Waals surface area contributed by atoms with E-state index in [4.69, 9.17) is 8.83 Å². The summed E-state index contributed by atoms with van der Waals surface area (Å²) in [7, 11) is 0. The first-order valence-corrected chi connectivity index (χ1v) is 32.7. The summed E-state index contributed by atoms with van der Waals surface area (Å²) < 4.78 is 15.0. The maximum absolute atomic E-state index is 7.49. The molecule has 4 heteroatoms. The molecule has 14 aromatic rings. The molecule has 3 aliphatic carbocycles. The Bertz CT molecular complexity index is 4790. The molecule has 0 atom stereocenters. The minimum Gasteiger partial charge on any atom is -0.454 e. The van der Waals surface area contributed by atoms with Gasteiger partial charge in [0.2, 0.25) is 0 Å². The van der Waals surface area contributed by atoms with Gasteiger partial charge in [-0.1, -0.05) is 244 Å². The van der Waals surface area contributed by atoms with Gasteiger partial charge in [0.25, 0.3) is 0 Å². The van der Waals surface area contributed by atoms with Crippen molar-refractivity contribution in [1.29, 1.82) is 0 Å². The lowest BCUT2D eigenvalue weighted by molar-refractivity contribution is 0.442. The van der Waals surface area contributed by atoms with Crippen LogP contribution in [0.5, 0.6) is 0 Å². The van der Waals surface area contributed by atoms with E-state index in [1.807, 2.05) is 0 Å². The van der Waals surface area contributed by atoms with Gasteiger partial charge in [0.05, 0.1) is 28.2 Å². The fourth-order valence-electron chi connectivity index (χ4n) is 16.9. The molecule has 0 spiro atoms. The molecule has 0 aliphatic heterocycles. The summed E-state index contributed by atoms with van der Waals surface area (Å²) in [6.07, 6.45) is 12.5. The number of nitrogens with zero attached hydrogens (tertiary/aromatic N) is 2. The molecule has 17 rings (SSSR count). The molecule has 0 amide bonds. The fourth-order valence-corrected chi connectivity index (χ4v) is 16.9. The fraction of sp³-hybridized carbons (Fsp3) is 0.200. The smallest absolute Gasteiger partial charge is 0.159 e. The van der Waals surface area contributed by atoms with Crippen molar-refractivity contribution in [3.8, 4) is 11.1 Å². The summed E-state index contributed by atoms with van der Waals surface area (Å²) in [6, 6.07) is 87.7. The van der Waals surface area contributed by atoms with Crippen LogP contribution in [-0.4, -0.2) is 0 Å². The molecular weight excluding hydrogens is 1080 g/mol. The Morgan fingerprint density at radius 2 is 0.663 bits per heavy atom. The molecule has 2 heterocycles. The normalized spacial score (nSPS) is 15.2. The standard InChI is InChI=1S/C85H72N2O2/c1-53-45-47-73(55(3)49-53)86(75-43-23-41-69-67-39-21-37-61(81(67)88-83(69)75)57-25-9-5-10-26-57)77-51-71-79(65-35-19-17-33-63(65)77)80-66-36-20-18-34-64(66)78(52-72(80)85(71,59-29-13-7-14-30-59)60-31-15-8-16-32-60)87(74-48-46-54(2)50-56(74)4)76-44-24-42-70-68-40-22-38-62(82(68)89-84(70)76)58-27-11-6-12-28-58/h7-8,13-24,29-52,57-58H,5-6,9-12,25-28H2,1-4H3. The number of rotatable bonds is 10. The number of furan rings is 2. The average molecular weight is 1150 g/mol. The minimum atomic E-state index is -0.826. The van der Waals surface area contributed by atoms with Crippen LogP contribution in [0, 0.1) is 27.7 Å². The van der Waals surface area contributed by atoms with E-state index in [1.54, 1.807) is 0 Å². The quantitative estimate of drug-likeness (QED) is 0.137. The summed E-state index contributed by atoms with van der Waals surface area (Å²) in [5, 5.41) is 9.38. The van der Waals surface area contributed by atoms with Crippen molar-refractivity contribution in [2.75, 3.05) is 9.80 Å². The van der Waals surface area contributed by atoms with Crippen molar-refractivity contribution in [3.63, 3.8) is 0 Å². The van der Waals surface area contributed by atoms with Crippen molar-refractivity contribution in [1.82, 2.24) is 0 Å². The predicted octanol–water partition coefficient (Wildman–Crippen LogP) is 24.4. The number of anilines is 6. The van der Waals surface area contributed by atoms with Crippen LogP contribution in [0.25, 0.3) is 76.5 Å². The second-order valence-electron chi connectivity index (χ2n) is 26.1.